The summed E-state index contributed by atoms with van der Waals surface area (Å²) in [6, 6.07) is 7.87. The van der Waals surface area contributed by atoms with E-state index in [2.05, 4.69) is 10.2 Å². The van der Waals surface area contributed by atoms with Crippen LogP contribution in [0.5, 0.6) is 0 Å². The summed E-state index contributed by atoms with van der Waals surface area (Å²) in [5, 5.41) is 3.37. The molecule has 1 aromatic rings. The Morgan fingerprint density at radius 2 is 2.11 bits per heavy atom. The standard InChI is InChI=1S/C14H21N3O/c1-16(2)9-10-17-8-7-15-11-12-5-3-4-6-13(12)14(17)18/h3-6,15H,7-11H2,1-2H3. The van der Waals surface area contributed by atoms with Crippen LogP contribution in [0.4, 0.5) is 0 Å². The molecule has 0 saturated heterocycles. The van der Waals surface area contributed by atoms with E-state index in [1.54, 1.807) is 0 Å². The molecule has 1 aromatic carbocycles. The number of fused-ring (bicyclic) bond motifs is 1. The highest BCUT2D eigenvalue weighted by Crippen LogP contribution is 2.13. The van der Waals surface area contributed by atoms with E-state index in [0.29, 0.717) is 0 Å². The molecule has 1 N–H and O–H groups in total. The first-order chi connectivity index (χ1) is 8.68. The van der Waals surface area contributed by atoms with Gasteiger partial charge in [-0.25, -0.2) is 0 Å². The van der Waals surface area contributed by atoms with E-state index in [0.717, 1.165) is 43.9 Å². The van der Waals surface area contributed by atoms with Gasteiger partial charge in [0.05, 0.1) is 0 Å². The lowest BCUT2D eigenvalue weighted by atomic mass is 10.1. The van der Waals surface area contributed by atoms with E-state index in [4.69, 9.17) is 0 Å². The third kappa shape index (κ3) is 3.09. The van der Waals surface area contributed by atoms with E-state index in [9.17, 15) is 4.79 Å². The lowest BCUT2D eigenvalue weighted by Gasteiger charge is -2.27. The topological polar surface area (TPSA) is 35.6 Å². The predicted molar refractivity (Wildman–Crippen MR) is 72.6 cm³/mol. The fourth-order valence-electron chi connectivity index (χ4n) is 2.13. The van der Waals surface area contributed by atoms with Crippen molar-refractivity contribution in [3.63, 3.8) is 0 Å². The summed E-state index contributed by atoms with van der Waals surface area (Å²) in [4.78, 5) is 16.5. The maximum absolute atomic E-state index is 12.5. The number of carbonyl (C=O) groups is 1. The summed E-state index contributed by atoms with van der Waals surface area (Å²) >= 11 is 0. The summed E-state index contributed by atoms with van der Waals surface area (Å²) in [5.41, 5.74) is 1.93. The highest BCUT2D eigenvalue weighted by Gasteiger charge is 2.20. The molecule has 1 aliphatic rings. The van der Waals surface area contributed by atoms with Crippen molar-refractivity contribution in [1.82, 2.24) is 15.1 Å². The Kier molecular flexibility index (Phi) is 4.33. The van der Waals surface area contributed by atoms with Crippen LogP contribution in [0.15, 0.2) is 24.3 Å². The van der Waals surface area contributed by atoms with Crippen molar-refractivity contribution in [2.75, 3.05) is 40.3 Å². The molecule has 98 valence electrons. The minimum atomic E-state index is 0.161. The average Bonchev–Trinajstić information content (AvgIpc) is 2.35. The van der Waals surface area contributed by atoms with Gasteiger partial charge in [0, 0.05) is 38.3 Å². The molecule has 4 nitrogen and oxygen atoms in total. The van der Waals surface area contributed by atoms with Gasteiger partial charge in [0.15, 0.2) is 0 Å². The Morgan fingerprint density at radius 1 is 1.33 bits per heavy atom. The fraction of sp³-hybridized carbons (Fsp3) is 0.500. The van der Waals surface area contributed by atoms with Crippen LogP contribution in [-0.2, 0) is 6.54 Å². The van der Waals surface area contributed by atoms with Crippen molar-refractivity contribution < 1.29 is 4.79 Å². The Balaban J connectivity index is 2.17. The van der Waals surface area contributed by atoms with Gasteiger partial charge in [0.1, 0.15) is 0 Å². The van der Waals surface area contributed by atoms with Crippen molar-refractivity contribution >= 4 is 5.91 Å². The lowest BCUT2D eigenvalue weighted by molar-refractivity contribution is 0.0740. The number of carbonyl (C=O) groups excluding carboxylic acids is 1. The molecule has 18 heavy (non-hydrogen) atoms. The van der Waals surface area contributed by atoms with Gasteiger partial charge in [-0.05, 0) is 25.7 Å². The second-order valence-corrected chi connectivity index (χ2v) is 4.93. The highest BCUT2D eigenvalue weighted by atomic mass is 16.2. The normalized spacial score (nSPS) is 16.4. The quantitative estimate of drug-likeness (QED) is 0.858. The molecule has 0 fully saturated rings. The molecule has 0 radical (unpaired) electrons. The molecule has 0 aromatic heterocycles. The molecule has 4 heteroatoms. The lowest BCUT2D eigenvalue weighted by Crippen LogP contribution is -2.42. The number of nitrogens with zero attached hydrogens (tertiary/aromatic N) is 2. The van der Waals surface area contributed by atoms with Crippen LogP contribution in [0.25, 0.3) is 0 Å². The molecule has 1 amide bonds. The molecule has 0 saturated carbocycles. The van der Waals surface area contributed by atoms with Gasteiger partial charge in [-0.15, -0.1) is 0 Å². The van der Waals surface area contributed by atoms with Gasteiger partial charge in [0.25, 0.3) is 5.91 Å². The third-order valence-corrected chi connectivity index (χ3v) is 3.23. The predicted octanol–water partition coefficient (Wildman–Crippen LogP) is 0.794. The number of amides is 1. The molecule has 0 spiro atoms. The van der Waals surface area contributed by atoms with Gasteiger partial charge < -0.3 is 15.1 Å². The average molecular weight is 247 g/mol. The molecule has 0 atom stereocenters. The van der Waals surface area contributed by atoms with Gasteiger partial charge in [0.2, 0.25) is 0 Å². The van der Waals surface area contributed by atoms with Crippen LogP contribution >= 0.6 is 0 Å². The van der Waals surface area contributed by atoms with E-state index >= 15 is 0 Å². The summed E-state index contributed by atoms with van der Waals surface area (Å²) in [6.45, 7) is 4.09. The maximum atomic E-state index is 12.5. The van der Waals surface area contributed by atoms with Crippen LogP contribution in [0, 0.1) is 0 Å². The number of hydrogen-bond acceptors (Lipinski definition) is 3. The Bertz CT molecular complexity index is 417. The number of hydrogen-bond donors (Lipinski definition) is 1. The number of nitrogens with one attached hydrogen (secondary N) is 1. The largest absolute Gasteiger partial charge is 0.336 e. The van der Waals surface area contributed by atoms with Crippen molar-refractivity contribution in [1.29, 1.82) is 0 Å². The monoisotopic (exact) mass is 247 g/mol. The molecular weight excluding hydrogens is 226 g/mol. The van der Waals surface area contributed by atoms with Gasteiger partial charge in [-0.3, -0.25) is 4.79 Å². The minimum absolute atomic E-state index is 0.161. The van der Waals surface area contributed by atoms with Crippen molar-refractivity contribution in [2.45, 2.75) is 6.54 Å². The Labute approximate surface area is 109 Å². The van der Waals surface area contributed by atoms with Crippen molar-refractivity contribution in [3.05, 3.63) is 35.4 Å². The first-order valence-corrected chi connectivity index (χ1v) is 6.41. The van der Waals surface area contributed by atoms with Crippen LogP contribution in [-0.4, -0.2) is 56.0 Å². The van der Waals surface area contributed by atoms with E-state index in [1.165, 1.54) is 0 Å². The Hall–Kier alpha value is -1.39. The summed E-state index contributed by atoms with van der Waals surface area (Å²) in [6.07, 6.45) is 0. The second kappa shape index (κ2) is 5.98. The molecule has 2 rings (SSSR count). The van der Waals surface area contributed by atoms with Crippen molar-refractivity contribution in [2.24, 2.45) is 0 Å². The van der Waals surface area contributed by atoms with E-state index < -0.39 is 0 Å². The zero-order chi connectivity index (χ0) is 13.0. The van der Waals surface area contributed by atoms with Gasteiger partial charge in [-0.2, -0.15) is 0 Å². The number of likely N-dealkylation sites (N-methyl/N-ethyl adjacent to an activating group) is 1. The van der Waals surface area contributed by atoms with Crippen LogP contribution < -0.4 is 5.32 Å². The fourth-order valence-corrected chi connectivity index (χ4v) is 2.13. The van der Waals surface area contributed by atoms with E-state index in [-0.39, 0.29) is 5.91 Å². The van der Waals surface area contributed by atoms with Crippen LogP contribution in [0.1, 0.15) is 15.9 Å². The second-order valence-electron chi connectivity index (χ2n) is 4.93. The van der Waals surface area contributed by atoms with E-state index in [1.807, 2.05) is 43.3 Å². The smallest absolute Gasteiger partial charge is 0.254 e. The van der Waals surface area contributed by atoms with Crippen molar-refractivity contribution in [3.8, 4) is 0 Å². The molecule has 0 unspecified atom stereocenters. The van der Waals surface area contributed by atoms with Gasteiger partial charge >= 0.3 is 0 Å². The summed E-state index contributed by atoms with van der Waals surface area (Å²) in [7, 11) is 4.06. The Morgan fingerprint density at radius 3 is 2.89 bits per heavy atom. The molecule has 0 bridgehead atoms. The zero-order valence-electron chi connectivity index (χ0n) is 11.1. The molecule has 1 aliphatic heterocycles. The van der Waals surface area contributed by atoms with Crippen LogP contribution in [0.2, 0.25) is 0 Å². The molecular formula is C14H21N3O. The highest BCUT2D eigenvalue weighted by molar-refractivity contribution is 5.95. The number of rotatable bonds is 3. The maximum Gasteiger partial charge on any atom is 0.254 e. The zero-order valence-corrected chi connectivity index (χ0v) is 11.1. The molecule has 0 aliphatic carbocycles. The minimum Gasteiger partial charge on any atom is -0.336 e. The SMILES string of the molecule is CN(C)CCN1CCNCc2ccccc2C1=O. The summed E-state index contributed by atoms with van der Waals surface area (Å²) < 4.78 is 0. The number of benzene rings is 1. The van der Waals surface area contributed by atoms with Crippen LogP contribution in [0.3, 0.4) is 0 Å². The first kappa shape index (κ1) is 13.1. The summed E-state index contributed by atoms with van der Waals surface area (Å²) in [5.74, 6) is 0.161. The molecule has 1 heterocycles. The van der Waals surface area contributed by atoms with Gasteiger partial charge in [-0.1, -0.05) is 18.2 Å². The first-order valence-electron chi connectivity index (χ1n) is 6.41. The third-order valence-electron chi connectivity index (χ3n) is 3.23.